The van der Waals surface area contributed by atoms with Crippen LogP contribution in [-0.4, -0.2) is 66.8 Å². The van der Waals surface area contributed by atoms with Crippen LogP contribution in [0.25, 0.3) is 0 Å². The minimum Gasteiger partial charge on any atom is -0.398 e. The van der Waals surface area contributed by atoms with Crippen LogP contribution in [0.3, 0.4) is 0 Å². The Kier molecular flexibility index (Phi) is 8.72. The standard InChI is InChI=1S/C27H35F3N4OS/c1-20-4-6-21(7-5-20)33-17-15-32(16-18-33)12-2-3-26(35)34-13-10-22(11-14-34)36-23-8-9-25(31)24(19-23)27(28,29)30/h4-9,19,22H,2-3,10-18,31H2,1H3. The van der Waals surface area contributed by atoms with Gasteiger partial charge >= 0.3 is 6.18 Å². The lowest BCUT2D eigenvalue weighted by Gasteiger charge is -2.36. The summed E-state index contributed by atoms with van der Waals surface area (Å²) >= 11 is 1.45. The van der Waals surface area contributed by atoms with Crippen LogP contribution in [0.15, 0.2) is 47.4 Å². The van der Waals surface area contributed by atoms with Crippen molar-refractivity contribution in [3.63, 3.8) is 0 Å². The Hall–Kier alpha value is -2.39. The average Bonchev–Trinajstić information content (AvgIpc) is 2.86. The van der Waals surface area contributed by atoms with Crippen LogP contribution in [0.1, 0.15) is 36.8 Å². The first-order chi connectivity index (χ1) is 17.2. The van der Waals surface area contributed by atoms with E-state index < -0.39 is 11.7 Å². The first kappa shape index (κ1) is 26.7. The number of alkyl halides is 3. The molecule has 2 heterocycles. The molecule has 2 N–H and O–H groups in total. The largest absolute Gasteiger partial charge is 0.418 e. The van der Waals surface area contributed by atoms with Gasteiger partial charge in [0.2, 0.25) is 5.91 Å². The van der Waals surface area contributed by atoms with Crippen LogP contribution in [0.2, 0.25) is 0 Å². The maximum absolute atomic E-state index is 13.1. The van der Waals surface area contributed by atoms with Crippen molar-refractivity contribution in [3.05, 3.63) is 53.6 Å². The molecule has 4 rings (SSSR count). The molecule has 2 aliphatic heterocycles. The summed E-state index contributed by atoms with van der Waals surface area (Å²) in [4.78, 5) is 20.0. The molecule has 1 amide bonds. The van der Waals surface area contributed by atoms with Gasteiger partial charge in [0.05, 0.1) is 5.56 Å². The minimum atomic E-state index is -4.45. The topological polar surface area (TPSA) is 52.8 Å². The van der Waals surface area contributed by atoms with Crippen LogP contribution in [0.5, 0.6) is 0 Å². The highest BCUT2D eigenvalue weighted by atomic mass is 32.2. The molecule has 0 spiro atoms. The van der Waals surface area contributed by atoms with Gasteiger partial charge in [-0.05, 0) is 63.1 Å². The molecule has 9 heteroatoms. The van der Waals surface area contributed by atoms with Crippen molar-refractivity contribution in [2.75, 3.05) is 56.4 Å². The van der Waals surface area contributed by atoms with Gasteiger partial charge in [-0.2, -0.15) is 13.2 Å². The summed E-state index contributed by atoms with van der Waals surface area (Å²) in [7, 11) is 0. The molecule has 0 radical (unpaired) electrons. The number of thioether (sulfide) groups is 1. The van der Waals surface area contributed by atoms with E-state index in [0.717, 1.165) is 58.1 Å². The summed E-state index contributed by atoms with van der Waals surface area (Å²) in [6.45, 7) is 8.36. The summed E-state index contributed by atoms with van der Waals surface area (Å²) in [5.41, 5.74) is 7.02. The van der Waals surface area contributed by atoms with Crippen molar-refractivity contribution in [1.82, 2.24) is 9.80 Å². The Balaban J connectivity index is 1.14. The third-order valence-corrected chi connectivity index (χ3v) is 8.39. The fraction of sp³-hybridized carbons (Fsp3) is 0.519. The van der Waals surface area contributed by atoms with Gasteiger partial charge < -0.3 is 15.5 Å². The van der Waals surface area contributed by atoms with E-state index in [-0.39, 0.29) is 16.8 Å². The van der Waals surface area contributed by atoms with Crippen molar-refractivity contribution in [2.24, 2.45) is 0 Å². The number of carbonyl (C=O) groups excluding carboxylic acids is 1. The number of piperidine rings is 1. The fourth-order valence-electron chi connectivity index (χ4n) is 4.87. The van der Waals surface area contributed by atoms with E-state index in [2.05, 4.69) is 41.0 Å². The molecular weight excluding hydrogens is 485 g/mol. The summed E-state index contributed by atoms with van der Waals surface area (Å²) in [5, 5.41) is 0.198. The predicted molar refractivity (Wildman–Crippen MR) is 140 cm³/mol. The lowest BCUT2D eigenvalue weighted by atomic mass is 10.1. The maximum atomic E-state index is 13.1. The number of aryl methyl sites for hydroxylation is 1. The Morgan fingerprint density at radius 3 is 2.31 bits per heavy atom. The van der Waals surface area contributed by atoms with Gasteiger partial charge in [-0.1, -0.05) is 17.7 Å². The zero-order chi connectivity index (χ0) is 25.7. The van der Waals surface area contributed by atoms with Gasteiger partial charge in [-0.25, -0.2) is 0 Å². The van der Waals surface area contributed by atoms with Gasteiger partial charge in [-0.15, -0.1) is 11.8 Å². The molecule has 0 bridgehead atoms. The van der Waals surface area contributed by atoms with Crippen molar-refractivity contribution in [1.29, 1.82) is 0 Å². The van der Waals surface area contributed by atoms with E-state index >= 15 is 0 Å². The second kappa shape index (κ2) is 11.8. The Morgan fingerprint density at radius 2 is 1.67 bits per heavy atom. The Morgan fingerprint density at radius 1 is 1.00 bits per heavy atom. The Bertz CT molecular complexity index is 1010. The van der Waals surface area contributed by atoms with E-state index in [1.54, 1.807) is 6.07 Å². The van der Waals surface area contributed by atoms with Gasteiger partial charge in [0, 0.05) is 67.2 Å². The zero-order valence-electron chi connectivity index (χ0n) is 20.8. The number of nitrogen functional groups attached to an aromatic ring is 1. The van der Waals surface area contributed by atoms with Crippen molar-refractivity contribution in [3.8, 4) is 0 Å². The summed E-state index contributed by atoms with van der Waals surface area (Å²) < 4.78 is 39.4. The van der Waals surface area contributed by atoms with Crippen LogP contribution in [-0.2, 0) is 11.0 Å². The maximum Gasteiger partial charge on any atom is 0.418 e. The molecule has 196 valence electrons. The van der Waals surface area contributed by atoms with Crippen LogP contribution in [0.4, 0.5) is 24.5 Å². The van der Waals surface area contributed by atoms with E-state index in [0.29, 0.717) is 24.4 Å². The second-order valence-electron chi connectivity index (χ2n) is 9.71. The summed E-state index contributed by atoms with van der Waals surface area (Å²) in [5.74, 6) is 0.184. The average molecular weight is 521 g/mol. The monoisotopic (exact) mass is 520 g/mol. The number of hydrogen-bond donors (Lipinski definition) is 1. The van der Waals surface area contributed by atoms with Crippen molar-refractivity contribution >= 4 is 29.0 Å². The molecule has 2 saturated heterocycles. The van der Waals surface area contributed by atoms with E-state index in [1.165, 1.54) is 29.1 Å². The first-order valence-electron chi connectivity index (χ1n) is 12.6. The number of halogens is 3. The molecule has 2 aliphatic rings. The number of anilines is 2. The molecule has 2 aromatic carbocycles. The summed E-state index contributed by atoms with van der Waals surface area (Å²) in [6, 6.07) is 12.8. The van der Waals surface area contributed by atoms with Gasteiger partial charge in [0.15, 0.2) is 0 Å². The number of rotatable bonds is 7. The van der Waals surface area contributed by atoms with Gasteiger partial charge in [0.25, 0.3) is 0 Å². The van der Waals surface area contributed by atoms with Crippen LogP contribution < -0.4 is 10.6 Å². The second-order valence-corrected chi connectivity index (χ2v) is 11.1. The van der Waals surface area contributed by atoms with Crippen LogP contribution in [0, 0.1) is 6.92 Å². The molecule has 2 fully saturated rings. The SMILES string of the molecule is Cc1ccc(N2CCN(CCCC(=O)N3CCC(Sc4ccc(N)c(C(F)(F)F)c4)CC3)CC2)cc1. The molecule has 0 saturated carbocycles. The fourth-order valence-corrected chi connectivity index (χ4v) is 6.03. The lowest BCUT2D eigenvalue weighted by Crippen LogP contribution is -2.46. The van der Waals surface area contributed by atoms with E-state index in [9.17, 15) is 18.0 Å². The first-order valence-corrected chi connectivity index (χ1v) is 13.5. The third-order valence-electron chi connectivity index (χ3n) is 7.06. The number of nitrogens with two attached hydrogens (primary N) is 1. The number of carbonyl (C=O) groups is 1. The van der Waals surface area contributed by atoms with Crippen molar-refractivity contribution < 1.29 is 18.0 Å². The highest BCUT2D eigenvalue weighted by molar-refractivity contribution is 8.00. The molecule has 0 atom stereocenters. The number of amides is 1. The highest BCUT2D eigenvalue weighted by Gasteiger charge is 2.33. The number of benzene rings is 2. The minimum absolute atomic E-state index is 0.184. The number of nitrogens with zero attached hydrogens (tertiary/aromatic N) is 3. The molecule has 2 aromatic rings. The number of likely N-dealkylation sites (tertiary alicyclic amines) is 1. The quantitative estimate of drug-likeness (QED) is 0.504. The zero-order valence-corrected chi connectivity index (χ0v) is 21.6. The molecule has 0 unspecified atom stereocenters. The van der Waals surface area contributed by atoms with Crippen LogP contribution >= 0.6 is 11.8 Å². The van der Waals surface area contributed by atoms with E-state index in [1.807, 2.05) is 4.90 Å². The summed E-state index contributed by atoms with van der Waals surface area (Å²) in [6.07, 6.45) is -1.50. The molecule has 36 heavy (non-hydrogen) atoms. The molecule has 0 aromatic heterocycles. The Labute approximate surface area is 215 Å². The van der Waals surface area contributed by atoms with Gasteiger partial charge in [-0.3, -0.25) is 9.69 Å². The van der Waals surface area contributed by atoms with Gasteiger partial charge in [0.1, 0.15) is 0 Å². The van der Waals surface area contributed by atoms with E-state index in [4.69, 9.17) is 5.73 Å². The molecular formula is C27H35F3N4OS. The molecule has 0 aliphatic carbocycles. The predicted octanol–water partition coefficient (Wildman–Crippen LogP) is 5.28. The third kappa shape index (κ3) is 7.09. The molecule has 5 nitrogen and oxygen atoms in total. The number of hydrogen-bond acceptors (Lipinski definition) is 5. The highest BCUT2D eigenvalue weighted by Crippen LogP contribution is 2.38. The van der Waals surface area contributed by atoms with Crippen molar-refractivity contribution in [2.45, 2.75) is 48.9 Å². The lowest BCUT2D eigenvalue weighted by molar-refractivity contribution is -0.137. The smallest absolute Gasteiger partial charge is 0.398 e. The number of piperazine rings is 1. The normalized spacial score (nSPS) is 18.0.